The Hall–Kier alpha value is -2.05. The lowest BCUT2D eigenvalue weighted by atomic mass is 9.92. The molecule has 7 heteroatoms. The molecule has 2 unspecified atom stereocenters. The van der Waals surface area contributed by atoms with Crippen LogP contribution in [-0.2, 0) is 6.61 Å². The molecule has 148 valence electrons. The van der Waals surface area contributed by atoms with Crippen LogP contribution in [0, 0.1) is 19.8 Å². The molecule has 6 nitrogen and oxygen atoms in total. The minimum Gasteiger partial charge on any atom is -0.488 e. The number of likely N-dealkylation sites (tertiary alicyclic amines) is 1. The molecule has 3 rings (SSSR count). The number of nitrogens with two attached hydrogens (primary N) is 1. The number of nitrogens with zero attached hydrogens (tertiary/aromatic N) is 2. The fourth-order valence-electron chi connectivity index (χ4n) is 3.42. The first-order valence-electron chi connectivity index (χ1n) is 9.15. The Morgan fingerprint density at radius 1 is 1.41 bits per heavy atom. The lowest BCUT2D eigenvalue weighted by Crippen LogP contribution is -2.45. The number of benzene rings is 1. The van der Waals surface area contributed by atoms with E-state index in [0.717, 1.165) is 36.4 Å². The third-order valence-electron chi connectivity index (χ3n) is 5.16. The number of hydrogen-bond donors (Lipinski definition) is 1. The Morgan fingerprint density at radius 2 is 2.15 bits per heavy atom. The largest absolute Gasteiger partial charge is 0.488 e. The standard InChI is InChI=1S/C20H27N3O3.ClH/c1-13(21)16-7-6-10-23(11-16)20(24)17-8-4-5-9-19(17)25-12-18-14(2)22-26-15(18)3;/h4-5,8-9,13,16H,6-7,10-12,21H2,1-3H3;1H. The maximum atomic E-state index is 13.1. The third-order valence-corrected chi connectivity index (χ3v) is 5.16. The molecule has 0 spiro atoms. The minimum atomic E-state index is 0. The van der Waals surface area contributed by atoms with E-state index in [2.05, 4.69) is 5.16 Å². The smallest absolute Gasteiger partial charge is 0.257 e. The first kappa shape index (κ1) is 21.3. The summed E-state index contributed by atoms with van der Waals surface area (Å²) in [7, 11) is 0. The molecule has 27 heavy (non-hydrogen) atoms. The van der Waals surface area contributed by atoms with Crippen LogP contribution in [-0.4, -0.2) is 35.1 Å². The summed E-state index contributed by atoms with van der Waals surface area (Å²) in [6.45, 7) is 7.55. The summed E-state index contributed by atoms with van der Waals surface area (Å²) in [4.78, 5) is 15.0. The number of halogens is 1. The number of amides is 1. The van der Waals surface area contributed by atoms with Crippen molar-refractivity contribution in [1.29, 1.82) is 0 Å². The first-order chi connectivity index (χ1) is 12.5. The van der Waals surface area contributed by atoms with Gasteiger partial charge in [0.1, 0.15) is 18.1 Å². The summed E-state index contributed by atoms with van der Waals surface area (Å²) in [5, 5.41) is 3.94. The topological polar surface area (TPSA) is 81.6 Å². The molecule has 1 aromatic carbocycles. The summed E-state index contributed by atoms with van der Waals surface area (Å²) in [5.41, 5.74) is 8.36. The fraction of sp³-hybridized carbons (Fsp3) is 0.500. The predicted molar refractivity (Wildman–Crippen MR) is 106 cm³/mol. The van der Waals surface area contributed by atoms with Crippen molar-refractivity contribution in [3.63, 3.8) is 0 Å². The average Bonchev–Trinajstić information content (AvgIpc) is 2.97. The average molecular weight is 394 g/mol. The van der Waals surface area contributed by atoms with Crippen LogP contribution in [0.3, 0.4) is 0 Å². The number of carbonyl (C=O) groups excluding carboxylic acids is 1. The summed E-state index contributed by atoms with van der Waals surface area (Å²) in [6, 6.07) is 7.49. The molecule has 0 radical (unpaired) electrons. The molecule has 0 saturated carbocycles. The number of carbonyl (C=O) groups is 1. The van der Waals surface area contributed by atoms with Gasteiger partial charge in [-0.1, -0.05) is 17.3 Å². The van der Waals surface area contributed by atoms with Crippen molar-refractivity contribution in [2.45, 2.75) is 46.3 Å². The van der Waals surface area contributed by atoms with Crippen molar-refractivity contribution in [3.8, 4) is 5.75 Å². The zero-order valence-electron chi connectivity index (χ0n) is 16.1. The summed E-state index contributed by atoms with van der Waals surface area (Å²) in [5.74, 6) is 1.68. The van der Waals surface area contributed by atoms with E-state index < -0.39 is 0 Å². The summed E-state index contributed by atoms with van der Waals surface area (Å²) < 4.78 is 11.1. The van der Waals surface area contributed by atoms with Crippen molar-refractivity contribution >= 4 is 18.3 Å². The van der Waals surface area contributed by atoms with Crippen LogP contribution in [0.15, 0.2) is 28.8 Å². The normalized spacial score (nSPS) is 17.9. The van der Waals surface area contributed by atoms with Crippen molar-refractivity contribution < 1.29 is 14.1 Å². The molecule has 1 saturated heterocycles. The highest BCUT2D eigenvalue weighted by molar-refractivity contribution is 5.97. The van der Waals surface area contributed by atoms with Crippen LogP contribution in [0.5, 0.6) is 5.75 Å². The lowest BCUT2D eigenvalue weighted by molar-refractivity contribution is 0.0656. The van der Waals surface area contributed by atoms with Gasteiger partial charge in [0, 0.05) is 19.1 Å². The Morgan fingerprint density at radius 3 is 2.81 bits per heavy atom. The van der Waals surface area contributed by atoms with E-state index >= 15 is 0 Å². The minimum absolute atomic E-state index is 0. The molecular formula is C20H28ClN3O3. The summed E-state index contributed by atoms with van der Waals surface area (Å²) >= 11 is 0. The number of ether oxygens (including phenoxy) is 1. The molecule has 2 aromatic rings. The van der Waals surface area contributed by atoms with E-state index in [1.165, 1.54) is 0 Å². The number of aromatic nitrogens is 1. The molecular weight excluding hydrogens is 366 g/mol. The molecule has 1 aromatic heterocycles. The highest BCUT2D eigenvalue weighted by Crippen LogP contribution is 2.26. The zero-order chi connectivity index (χ0) is 18.7. The quantitative estimate of drug-likeness (QED) is 0.840. The van der Waals surface area contributed by atoms with Gasteiger partial charge in [-0.2, -0.15) is 0 Å². The van der Waals surface area contributed by atoms with Crippen molar-refractivity contribution in [3.05, 3.63) is 46.8 Å². The molecule has 0 bridgehead atoms. The second-order valence-electron chi connectivity index (χ2n) is 7.10. The van der Waals surface area contributed by atoms with Crippen molar-refractivity contribution in [2.24, 2.45) is 11.7 Å². The number of hydrogen-bond acceptors (Lipinski definition) is 5. The third kappa shape index (κ3) is 4.82. The van der Waals surface area contributed by atoms with Crippen LogP contribution in [0.1, 0.15) is 47.1 Å². The van der Waals surface area contributed by atoms with Gasteiger partial charge in [0.2, 0.25) is 0 Å². The molecule has 1 fully saturated rings. The SMILES string of the molecule is Cc1noc(C)c1COc1ccccc1C(=O)N1CCCC(C(C)N)C1.Cl. The van der Waals surface area contributed by atoms with Gasteiger partial charge in [-0.05, 0) is 51.7 Å². The highest BCUT2D eigenvalue weighted by atomic mass is 35.5. The zero-order valence-corrected chi connectivity index (χ0v) is 16.9. The van der Waals surface area contributed by atoms with Crippen molar-refractivity contribution in [1.82, 2.24) is 10.1 Å². The maximum Gasteiger partial charge on any atom is 0.257 e. The molecule has 1 aliphatic rings. The van der Waals surface area contributed by atoms with Gasteiger partial charge < -0.3 is 19.9 Å². The van der Waals surface area contributed by atoms with E-state index in [0.29, 0.717) is 30.4 Å². The Balaban J connectivity index is 0.00000261. The molecule has 2 heterocycles. The van der Waals surface area contributed by atoms with Gasteiger partial charge in [0.15, 0.2) is 0 Å². The van der Waals surface area contributed by atoms with Gasteiger partial charge in [-0.3, -0.25) is 4.79 Å². The van der Waals surface area contributed by atoms with Gasteiger partial charge in [0.25, 0.3) is 5.91 Å². The van der Waals surface area contributed by atoms with Crippen LogP contribution < -0.4 is 10.5 Å². The van der Waals surface area contributed by atoms with Crippen molar-refractivity contribution in [2.75, 3.05) is 13.1 Å². The molecule has 1 aliphatic heterocycles. The fourth-order valence-corrected chi connectivity index (χ4v) is 3.42. The second-order valence-corrected chi connectivity index (χ2v) is 7.10. The van der Waals surface area contributed by atoms with E-state index in [1.807, 2.05) is 49.9 Å². The van der Waals surface area contributed by atoms with Crippen LogP contribution >= 0.6 is 12.4 Å². The van der Waals surface area contributed by atoms with Crippen LogP contribution in [0.25, 0.3) is 0 Å². The monoisotopic (exact) mass is 393 g/mol. The van der Waals surface area contributed by atoms with E-state index in [9.17, 15) is 4.79 Å². The molecule has 2 N–H and O–H groups in total. The number of aryl methyl sites for hydroxylation is 2. The molecule has 1 amide bonds. The van der Waals surface area contributed by atoms with Crippen LogP contribution in [0.2, 0.25) is 0 Å². The Bertz CT molecular complexity index is 756. The highest BCUT2D eigenvalue weighted by Gasteiger charge is 2.28. The van der Waals surface area contributed by atoms with E-state index in [4.69, 9.17) is 15.0 Å². The summed E-state index contributed by atoms with van der Waals surface area (Å²) in [6.07, 6.45) is 2.06. The molecule has 2 atom stereocenters. The van der Waals surface area contributed by atoms with Gasteiger partial charge in [-0.25, -0.2) is 0 Å². The Labute approximate surface area is 166 Å². The van der Waals surface area contributed by atoms with Gasteiger partial charge in [-0.15, -0.1) is 12.4 Å². The first-order valence-corrected chi connectivity index (χ1v) is 9.15. The number of para-hydroxylation sites is 1. The number of rotatable bonds is 5. The van der Waals surface area contributed by atoms with Crippen LogP contribution in [0.4, 0.5) is 0 Å². The number of piperidine rings is 1. The van der Waals surface area contributed by atoms with Gasteiger partial charge >= 0.3 is 0 Å². The van der Waals surface area contributed by atoms with Gasteiger partial charge in [0.05, 0.1) is 16.8 Å². The second kappa shape index (κ2) is 9.24. The maximum absolute atomic E-state index is 13.1. The van der Waals surface area contributed by atoms with E-state index in [-0.39, 0.29) is 24.4 Å². The van der Waals surface area contributed by atoms with E-state index in [1.54, 1.807) is 0 Å². The predicted octanol–water partition coefficient (Wildman–Crippen LogP) is 3.49. The molecule has 0 aliphatic carbocycles. The Kier molecular flexibility index (Phi) is 7.27. The lowest BCUT2D eigenvalue weighted by Gasteiger charge is -2.35.